The van der Waals surface area contributed by atoms with Gasteiger partial charge in [0.2, 0.25) is 5.91 Å². The molecule has 1 saturated carbocycles. The summed E-state index contributed by atoms with van der Waals surface area (Å²) in [5.41, 5.74) is 3.37. The van der Waals surface area contributed by atoms with Crippen molar-refractivity contribution in [1.29, 1.82) is 0 Å². The number of carbonyl (C=O) groups is 2. The zero-order valence-electron chi connectivity index (χ0n) is 15.0. The number of carbonyl (C=O) groups excluding carboxylic acids is 2. The molecule has 0 unspecified atom stereocenters. The van der Waals surface area contributed by atoms with Gasteiger partial charge in [0.1, 0.15) is 0 Å². The van der Waals surface area contributed by atoms with Crippen molar-refractivity contribution in [3.05, 3.63) is 53.1 Å². The molecule has 0 radical (unpaired) electrons. The molecule has 0 spiro atoms. The molecule has 2 aromatic carbocycles. The van der Waals surface area contributed by atoms with Gasteiger partial charge in [0, 0.05) is 34.5 Å². The molecule has 1 aliphatic heterocycles. The van der Waals surface area contributed by atoms with Crippen molar-refractivity contribution < 1.29 is 9.59 Å². The number of anilines is 3. The summed E-state index contributed by atoms with van der Waals surface area (Å²) < 4.78 is 0. The Labute approximate surface area is 163 Å². The van der Waals surface area contributed by atoms with Crippen molar-refractivity contribution in [2.24, 2.45) is 5.92 Å². The van der Waals surface area contributed by atoms with Crippen LogP contribution in [0.15, 0.2) is 42.5 Å². The third kappa shape index (κ3) is 3.93. The van der Waals surface area contributed by atoms with Gasteiger partial charge in [-0.05, 0) is 55.2 Å². The molecular weight excluding hydrogens is 362 g/mol. The Morgan fingerprint density at radius 1 is 1.00 bits per heavy atom. The van der Waals surface area contributed by atoms with E-state index in [0.717, 1.165) is 49.9 Å². The Hall–Kier alpha value is -2.53. The molecule has 4 rings (SSSR count). The molecule has 0 aromatic heterocycles. The van der Waals surface area contributed by atoms with Crippen LogP contribution in [0.2, 0.25) is 5.02 Å². The van der Waals surface area contributed by atoms with Crippen LogP contribution in [0.3, 0.4) is 0 Å². The Kier molecular flexibility index (Phi) is 5.03. The fourth-order valence-electron chi connectivity index (χ4n) is 3.94. The number of rotatable bonds is 3. The van der Waals surface area contributed by atoms with E-state index in [-0.39, 0.29) is 17.9 Å². The summed E-state index contributed by atoms with van der Waals surface area (Å²) in [6, 6.07) is 12.4. The fraction of sp³-hybridized carbons (Fsp3) is 0.333. The monoisotopic (exact) mass is 383 g/mol. The first-order valence-electron chi connectivity index (χ1n) is 9.38. The van der Waals surface area contributed by atoms with Crippen LogP contribution in [-0.2, 0) is 11.2 Å². The molecule has 6 heteroatoms. The number of hydrogen-bond acceptors (Lipinski definition) is 2. The highest BCUT2D eigenvalue weighted by Gasteiger charge is 2.31. The Bertz CT molecular complexity index is 877. The van der Waals surface area contributed by atoms with Gasteiger partial charge in [-0.15, -0.1) is 0 Å². The molecule has 0 saturated heterocycles. The van der Waals surface area contributed by atoms with E-state index in [1.165, 1.54) is 0 Å². The predicted molar refractivity (Wildman–Crippen MR) is 109 cm³/mol. The minimum Gasteiger partial charge on any atom is -0.312 e. The average molecular weight is 384 g/mol. The molecule has 3 amide bonds. The van der Waals surface area contributed by atoms with Crippen molar-refractivity contribution in [2.75, 3.05) is 22.1 Å². The summed E-state index contributed by atoms with van der Waals surface area (Å²) in [5, 5.41) is 6.16. The quantitative estimate of drug-likeness (QED) is 0.777. The summed E-state index contributed by atoms with van der Waals surface area (Å²) in [4.78, 5) is 27.0. The van der Waals surface area contributed by atoms with Crippen LogP contribution >= 0.6 is 11.6 Å². The maximum absolute atomic E-state index is 12.8. The SMILES string of the molecule is O=C(Nc1cccc(Cl)c1)Nc1ccc2c(c1)N(C(=O)C1CCCC1)CC2. The summed E-state index contributed by atoms with van der Waals surface area (Å²) in [6.45, 7) is 0.725. The topological polar surface area (TPSA) is 61.4 Å². The number of amides is 3. The Morgan fingerprint density at radius 3 is 2.48 bits per heavy atom. The third-order valence-corrected chi connectivity index (χ3v) is 5.53. The van der Waals surface area contributed by atoms with E-state index in [4.69, 9.17) is 11.6 Å². The molecular formula is C21H22ClN3O2. The Balaban J connectivity index is 1.46. The third-order valence-electron chi connectivity index (χ3n) is 5.29. The molecule has 140 valence electrons. The average Bonchev–Trinajstić information content (AvgIpc) is 3.31. The summed E-state index contributed by atoms with van der Waals surface area (Å²) >= 11 is 5.94. The molecule has 1 aliphatic carbocycles. The van der Waals surface area contributed by atoms with Crippen LogP contribution in [0.4, 0.5) is 21.9 Å². The second kappa shape index (κ2) is 7.61. The lowest BCUT2D eigenvalue weighted by Gasteiger charge is -2.21. The number of benzene rings is 2. The highest BCUT2D eigenvalue weighted by Crippen LogP contribution is 2.35. The number of fused-ring (bicyclic) bond motifs is 1. The largest absolute Gasteiger partial charge is 0.323 e. The van der Waals surface area contributed by atoms with E-state index < -0.39 is 0 Å². The predicted octanol–water partition coefficient (Wildman–Crippen LogP) is 5.06. The lowest BCUT2D eigenvalue weighted by atomic mass is 10.1. The second-order valence-corrected chi connectivity index (χ2v) is 7.59. The number of urea groups is 1. The summed E-state index contributed by atoms with van der Waals surface area (Å²) in [5.74, 6) is 0.380. The molecule has 2 aliphatic rings. The fourth-order valence-corrected chi connectivity index (χ4v) is 4.13. The Morgan fingerprint density at radius 2 is 1.74 bits per heavy atom. The molecule has 2 aromatic rings. The van der Waals surface area contributed by atoms with Gasteiger partial charge in [0.05, 0.1) is 0 Å². The van der Waals surface area contributed by atoms with Crippen LogP contribution in [0, 0.1) is 5.92 Å². The lowest BCUT2D eigenvalue weighted by molar-refractivity contribution is -0.122. The van der Waals surface area contributed by atoms with Crippen molar-refractivity contribution in [3.63, 3.8) is 0 Å². The lowest BCUT2D eigenvalue weighted by Crippen LogP contribution is -2.33. The highest BCUT2D eigenvalue weighted by atomic mass is 35.5. The van der Waals surface area contributed by atoms with Crippen LogP contribution in [0.5, 0.6) is 0 Å². The number of nitrogens with zero attached hydrogens (tertiary/aromatic N) is 1. The van der Waals surface area contributed by atoms with E-state index in [1.54, 1.807) is 24.3 Å². The molecule has 0 atom stereocenters. The normalized spacial score (nSPS) is 16.3. The van der Waals surface area contributed by atoms with Crippen LogP contribution in [0.25, 0.3) is 0 Å². The number of hydrogen-bond donors (Lipinski definition) is 2. The number of nitrogens with one attached hydrogen (secondary N) is 2. The van der Waals surface area contributed by atoms with Gasteiger partial charge in [-0.1, -0.05) is 36.6 Å². The van der Waals surface area contributed by atoms with Gasteiger partial charge in [0.15, 0.2) is 0 Å². The van der Waals surface area contributed by atoms with E-state index in [9.17, 15) is 9.59 Å². The molecule has 5 nitrogen and oxygen atoms in total. The van der Waals surface area contributed by atoms with Crippen molar-refractivity contribution in [3.8, 4) is 0 Å². The first kappa shape index (κ1) is 17.9. The van der Waals surface area contributed by atoms with Crippen molar-refractivity contribution in [2.45, 2.75) is 32.1 Å². The van der Waals surface area contributed by atoms with E-state index >= 15 is 0 Å². The minimum atomic E-state index is -0.344. The van der Waals surface area contributed by atoms with Gasteiger partial charge >= 0.3 is 6.03 Å². The van der Waals surface area contributed by atoms with E-state index in [2.05, 4.69) is 10.6 Å². The maximum Gasteiger partial charge on any atom is 0.323 e. The van der Waals surface area contributed by atoms with Gasteiger partial charge in [-0.3, -0.25) is 4.79 Å². The first-order chi connectivity index (χ1) is 13.1. The van der Waals surface area contributed by atoms with Crippen LogP contribution < -0.4 is 15.5 Å². The highest BCUT2D eigenvalue weighted by molar-refractivity contribution is 6.30. The van der Waals surface area contributed by atoms with Crippen LogP contribution in [-0.4, -0.2) is 18.5 Å². The van der Waals surface area contributed by atoms with Gasteiger partial charge in [0.25, 0.3) is 0 Å². The minimum absolute atomic E-state index is 0.152. The summed E-state index contributed by atoms with van der Waals surface area (Å²) in [7, 11) is 0. The molecule has 27 heavy (non-hydrogen) atoms. The van der Waals surface area contributed by atoms with Crippen molar-refractivity contribution >= 4 is 40.6 Å². The van der Waals surface area contributed by atoms with E-state index in [0.29, 0.717) is 16.4 Å². The zero-order chi connectivity index (χ0) is 18.8. The maximum atomic E-state index is 12.8. The molecule has 2 N–H and O–H groups in total. The molecule has 1 fully saturated rings. The second-order valence-electron chi connectivity index (χ2n) is 7.15. The van der Waals surface area contributed by atoms with Gasteiger partial charge in [-0.25, -0.2) is 4.79 Å². The smallest absolute Gasteiger partial charge is 0.312 e. The van der Waals surface area contributed by atoms with Crippen molar-refractivity contribution in [1.82, 2.24) is 0 Å². The zero-order valence-corrected chi connectivity index (χ0v) is 15.8. The van der Waals surface area contributed by atoms with Gasteiger partial charge < -0.3 is 15.5 Å². The van der Waals surface area contributed by atoms with Crippen LogP contribution in [0.1, 0.15) is 31.2 Å². The summed E-state index contributed by atoms with van der Waals surface area (Å²) in [6.07, 6.45) is 5.13. The van der Waals surface area contributed by atoms with E-state index in [1.807, 2.05) is 23.1 Å². The first-order valence-corrected chi connectivity index (χ1v) is 9.76. The van der Waals surface area contributed by atoms with Gasteiger partial charge in [-0.2, -0.15) is 0 Å². The molecule has 0 bridgehead atoms. The standard InChI is InChI=1S/C21H22ClN3O2/c22-16-6-3-7-17(12-16)23-21(27)24-18-9-8-14-10-11-25(19(14)13-18)20(26)15-4-1-2-5-15/h3,6-9,12-13,15H,1-2,4-5,10-11H2,(H2,23,24,27). The molecule has 1 heterocycles. The number of halogens is 1.